The normalized spacial score (nSPS) is 13.4. The van der Waals surface area contributed by atoms with Gasteiger partial charge in [-0.1, -0.05) is 12.1 Å². The molecule has 1 amide bonds. The third-order valence-electron chi connectivity index (χ3n) is 3.19. The summed E-state index contributed by atoms with van der Waals surface area (Å²) < 4.78 is 5.55. The number of hydrogen-bond donors (Lipinski definition) is 0. The average molecular weight is 247 g/mol. The van der Waals surface area contributed by atoms with E-state index in [1.807, 2.05) is 12.1 Å². The van der Waals surface area contributed by atoms with Crippen molar-refractivity contribution >= 4 is 12.2 Å². The topological polar surface area (TPSA) is 46.6 Å². The largest absolute Gasteiger partial charge is 0.493 e. The number of carbonyl (C=O) groups excluding carboxylic acids is 2. The lowest BCUT2D eigenvalue weighted by atomic mass is 10.0. The Hall–Kier alpha value is -1.84. The van der Waals surface area contributed by atoms with E-state index < -0.39 is 5.91 Å². The Labute approximate surface area is 107 Å². The zero-order chi connectivity index (χ0) is 13.0. The van der Waals surface area contributed by atoms with Gasteiger partial charge in [-0.05, 0) is 36.5 Å². The number of aldehydes is 1. The van der Waals surface area contributed by atoms with Crippen molar-refractivity contribution in [3.63, 3.8) is 0 Å². The van der Waals surface area contributed by atoms with Crippen LogP contribution >= 0.6 is 0 Å². The number of aryl methyl sites for hydroxylation is 1. The molecule has 1 aliphatic heterocycles. The van der Waals surface area contributed by atoms with Gasteiger partial charge >= 0.3 is 0 Å². The molecule has 4 heteroatoms. The molecule has 18 heavy (non-hydrogen) atoms. The highest BCUT2D eigenvalue weighted by molar-refractivity contribution is 6.23. The zero-order valence-electron chi connectivity index (χ0n) is 10.5. The van der Waals surface area contributed by atoms with Gasteiger partial charge < -0.3 is 9.64 Å². The Morgan fingerprint density at radius 2 is 2.33 bits per heavy atom. The van der Waals surface area contributed by atoms with E-state index in [0.717, 1.165) is 31.6 Å². The van der Waals surface area contributed by atoms with Crippen molar-refractivity contribution in [2.75, 3.05) is 20.2 Å². The first kappa shape index (κ1) is 12.6. The zero-order valence-corrected chi connectivity index (χ0v) is 10.5. The summed E-state index contributed by atoms with van der Waals surface area (Å²) in [6, 6.07) is 6.14. The highest BCUT2D eigenvalue weighted by atomic mass is 16.5. The molecule has 0 unspecified atom stereocenters. The summed E-state index contributed by atoms with van der Waals surface area (Å²) in [5.74, 6) is 0.499. The van der Waals surface area contributed by atoms with Gasteiger partial charge in [-0.25, -0.2) is 0 Å². The summed E-state index contributed by atoms with van der Waals surface area (Å²) in [6.07, 6.45) is 3.20. The molecular weight excluding hydrogens is 230 g/mol. The third-order valence-corrected chi connectivity index (χ3v) is 3.19. The number of benzene rings is 1. The van der Waals surface area contributed by atoms with E-state index in [2.05, 4.69) is 6.07 Å². The van der Waals surface area contributed by atoms with Crippen molar-refractivity contribution < 1.29 is 14.3 Å². The Bertz CT molecular complexity index is 456. The van der Waals surface area contributed by atoms with Gasteiger partial charge in [-0.2, -0.15) is 0 Å². The molecule has 0 aromatic heterocycles. The quantitative estimate of drug-likeness (QED) is 0.593. The minimum atomic E-state index is -0.476. The van der Waals surface area contributed by atoms with Gasteiger partial charge in [-0.15, -0.1) is 0 Å². The maximum atomic E-state index is 11.1. The standard InChI is InChI=1S/C14H17NO3/c1-15(14(17)10-16)7-6-11-4-5-13-12(9-11)3-2-8-18-13/h4-5,9-10H,2-3,6-8H2,1H3. The van der Waals surface area contributed by atoms with Crippen LogP contribution in [0.5, 0.6) is 5.75 Å². The number of rotatable bonds is 4. The highest BCUT2D eigenvalue weighted by Crippen LogP contribution is 2.25. The lowest BCUT2D eigenvalue weighted by molar-refractivity contribution is -0.137. The van der Waals surface area contributed by atoms with Gasteiger partial charge in [0.1, 0.15) is 5.75 Å². The molecule has 0 N–H and O–H groups in total. The molecule has 0 saturated carbocycles. The lowest BCUT2D eigenvalue weighted by Crippen LogP contribution is -2.29. The minimum absolute atomic E-state index is 0.348. The summed E-state index contributed by atoms with van der Waals surface area (Å²) in [5, 5.41) is 0. The van der Waals surface area contributed by atoms with Crippen molar-refractivity contribution in [2.24, 2.45) is 0 Å². The number of ether oxygens (including phenoxy) is 1. The predicted molar refractivity (Wildman–Crippen MR) is 67.7 cm³/mol. The first-order valence-electron chi connectivity index (χ1n) is 6.15. The van der Waals surface area contributed by atoms with Crippen molar-refractivity contribution in [1.82, 2.24) is 4.90 Å². The molecule has 1 aliphatic rings. The van der Waals surface area contributed by atoms with E-state index in [1.54, 1.807) is 7.05 Å². The Kier molecular flexibility index (Phi) is 3.97. The van der Waals surface area contributed by atoms with E-state index in [1.165, 1.54) is 16.0 Å². The van der Waals surface area contributed by atoms with E-state index >= 15 is 0 Å². The van der Waals surface area contributed by atoms with Gasteiger partial charge in [0.25, 0.3) is 5.91 Å². The molecule has 0 bridgehead atoms. The third kappa shape index (κ3) is 2.88. The lowest BCUT2D eigenvalue weighted by Gasteiger charge is -2.19. The van der Waals surface area contributed by atoms with Crippen molar-refractivity contribution in [3.05, 3.63) is 29.3 Å². The number of hydrogen-bond acceptors (Lipinski definition) is 3. The van der Waals surface area contributed by atoms with Crippen LogP contribution in [0, 0.1) is 0 Å². The molecule has 1 heterocycles. The molecule has 4 nitrogen and oxygen atoms in total. The monoisotopic (exact) mass is 247 g/mol. The summed E-state index contributed by atoms with van der Waals surface area (Å²) in [7, 11) is 1.64. The van der Waals surface area contributed by atoms with Gasteiger partial charge in [-0.3, -0.25) is 9.59 Å². The maximum absolute atomic E-state index is 11.1. The second kappa shape index (κ2) is 5.67. The summed E-state index contributed by atoms with van der Waals surface area (Å²) in [5.41, 5.74) is 2.41. The van der Waals surface area contributed by atoms with Crippen molar-refractivity contribution in [3.8, 4) is 5.75 Å². The summed E-state index contributed by atoms with van der Waals surface area (Å²) >= 11 is 0. The van der Waals surface area contributed by atoms with E-state index in [9.17, 15) is 9.59 Å². The first-order chi connectivity index (χ1) is 8.70. The van der Waals surface area contributed by atoms with Crippen LogP contribution in [-0.2, 0) is 22.4 Å². The second-order valence-electron chi connectivity index (χ2n) is 4.52. The minimum Gasteiger partial charge on any atom is -0.493 e. The van der Waals surface area contributed by atoms with Gasteiger partial charge in [0.2, 0.25) is 6.29 Å². The van der Waals surface area contributed by atoms with Crippen LogP contribution in [0.2, 0.25) is 0 Å². The molecule has 96 valence electrons. The maximum Gasteiger partial charge on any atom is 0.286 e. The van der Waals surface area contributed by atoms with E-state index in [0.29, 0.717) is 12.8 Å². The van der Waals surface area contributed by atoms with Crippen LogP contribution in [-0.4, -0.2) is 37.3 Å². The fourth-order valence-corrected chi connectivity index (χ4v) is 2.07. The number of fused-ring (bicyclic) bond motifs is 1. The van der Waals surface area contributed by atoms with Crippen LogP contribution in [0.25, 0.3) is 0 Å². The highest BCUT2D eigenvalue weighted by Gasteiger charge is 2.11. The molecule has 0 fully saturated rings. The van der Waals surface area contributed by atoms with Crippen molar-refractivity contribution in [1.29, 1.82) is 0 Å². The Balaban J connectivity index is 1.97. The first-order valence-corrected chi connectivity index (χ1v) is 6.15. The van der Waals surface area contributed by atoms with Crippen LogP contribution in [0.4, 0.5) is 0 Å². The Morgan fingerprint density at radius 1 is 1.50 bits per heavy atom. The smallest absolute Gasteiger partial charge is 0.286 e. The van der Waals surface area contributed by atoms with Gasteiger partial charge in [0, 0.05) is 13.6 Å². The van der Waals surface area contributed by atoms with Gasteiger partial charge in [0.05, 0.1) is 6.61 Å². The van der Waals surface area contributed by atoms with Crippen LogP contribution in [0.1, 0.15) is 17.5 Å². The molecule has 1 aromatic carbocycles. The SMILES string of the molecule is CN(CCc1ccc2c(c1)CCCO2)C(=O)C=O. The number of nitrogens with zero attached hydrogens (tertiary/aromatic N) is 1. The van der Waals surface area contributed by atoms with Crippen LogP contribution in [0.15, 0.2) is 18.2 Å². The van der Waals surface area contributed by atoms with Crippen molar-refractivity contribution in [2.45, 2.75) is 19.3 Å². The van der Waals surface area contributed by atoms with Gasteiger partial charge in [0.15, 0.2) is 0 Å². The molecule has 0 atom stereocenters. The van der Waals surface area contributed by atoms with E-state index in [-0.39, 0.29) is 0 Å². The average Bonchev–Trinajstić information content (AvgIpc) is 2.43. The number of carbonyl (C=O) groups is 2. The van der Waals surface area contributed by atoms with Crippen LogP contribution in [0.3, 0.4) is 0 Å². The van der Waals surface area contributed by atoms with Crippen LogP contribution < -0.4 is 4.74 Å². The fourth-order valence-electron chi connectivity index (χ4n) is 2.07. The molecular formula is C14H17NO3. The molecule has 0 aliphatic carbocycles. The van der Waals surface area contributed by atoms with E-state index in [4.69, 9.17) is 4.74 Å². The molecule has 0 radical (unpaired) electrons. The molecule has 2 rings (SSSR count). The number of likely N-dealkylation sites (N-methyl/N-ethyl adjacent to an activating group) is 1. The molecule has 0 saturated heterocycles. The predicted octanol–water partition coefficient (Wildman–Crippen LogP) is 1.21. The Morgan fingerprint density at radius 3 is 3.11 bits per heavy atom. The molecule has 0 spiro atoms. The second-order valence-corrected chi connectivity index (χ2v) is 4.52. The summed E-state index contributed by atoms with van der Waals surface area (Å²) in [6.45, 7) is 1.35. The fraction of sp³-hybridized carbons (Fsp3) is 0.429. The molecule has 1 aromatic rings. The number of amides is 1. The summed E-state index contributed by atoms with van der Waals surface area (Å²) in [4.78, 5) is 22.9.